The summed E-state index contributed by atoms with van der Waals surface area (Å²) in [4.78, 5) is 0. The van der Waals surface area contributed by atoms with Crippen molar-refractivity contribution < 1.29 is 5.11 Å². The number of halogens is 1. The van der Waals surface area contributed by atoms with Gasteiger partial charge >= 0.3 is 0 Å². The summed E-state index contributed by atoms with van der Waals surface area (Å²) in [5, 5.41) is 10.4. The van der Waals surface area contributed by atoms with Crippen LogP contribution in [0.1, 0.15) is 31.2 Å². The minimum absolute atomic E-state index is 0.292. The van der Waals surface area contributed by atoms with Crippen molar-refractivity contribution in [1.29, 1.82) is 0 Å². The van der Waals surface area contributed by atoms with Crippen LogP contribution in [-0.2, 0) is 5.54 Å². The van der Waals surface area contributed by atoms with Crippen LogP contribution in [0.15, 0.2) is 24.3 Å². The van der Waals surface area contributed by atoms with Gasteiger partial charge in [-0.05, 0) is 37.3 Å². The van der Waals surface area contributed by atoms with E-state index in [1.165, 1.54) is 0 Å². The average molecular weight is 226 g/mol. The predicted molar refractivity (Wildman–Crippen MR) is 61.8 cm³/mol. The second kappa shape index (κ2) is 4.12. The predicted octanol–water partition coefficient (Wildman–Crippen LogP) is 2.43. The van der Waals surface area contributed by atoms with Crippen LogP contribution in [0.25, 0.3) is 0 Å². The molecule has 0 saturated heterocycles. The van der Waals surface area contributed by atoms with Crippen molar-refractivity contribution in [2.75, 3.05) is 0 Å². The van der Waals surface area contributed by atoms with E-state index in [1.807, 2.05) is 24.3 Å². The summed E-state index contributed by atoms with van der Waals surface area (Å²) in [6.45, 7) is 0. The number of nitrogens with two attached hydrogens (primary N) is 1. The lowest BCUT2D eigenvalue weighted by molar-refractivity contribution is 0.0866. The zero-order valence-electron chi connectivity index (χ0n) is 8.62. The van der Waals surface area contributed by atoms with E-state index < -0.39 is 5.54 Å². The molecule has 0 aromatic heterocycles. The van der Waals surface area contributed by atoms with Crippen molar-refractivity contribution in [2.45, 2.75) is 37.3 Å². The molecule has 3 N–H and O–H groups in total. The molecule has 0 amide bonds. The Labute approximate surface area is 95.1 Å². The Morgan fingerprint density at radius 1 is 1.40 bits per heavy atom. The Bertz CT molecular complexity index is 355. The number of aliphatic hydroxyl groups excluding tert-OH is 1. The number of benzene rings is 1. The monoisotopic (exact) mass is 225 g/mol. The fourth-order valence-electron chi connectivity index (χ4n) is 2.39. The number of hydrogen-bond acceptors (Lipinski definition) is 2. The lowest BCUT2D eigenvalue weighted by atomic mass is 9.76. The Morgan fingerprint density at radius 2 is 2.13 bits per heavy atom. The maximum atomic E-state index is 9.67. The molecule has 0 radical (unpaired) electrons. The Balaban J connectivity index is 2.32. The second-order valence-corrected chi connectivity index (χ2v) is 4.79. The van der Waals surface area contributed by atoms with E-state index in [4.69, 9.17) is 17.3 Å². The molecular formula is C12H16ClNO. The van der Waals surface area contributed by atoms with Gasteiger partial charge in [-0.1, -0.05) is 29.8 Å². The minimum atomic E-state index is -0.448. The second-order valence-electron chi connectivity index (χ2n) is 4.39. The molecule has 1 aliphatic rings. The van der Waals surface area contributed by atoms with Gasteiger partial charge in [-0.25, -0.2) is 0 Å². The quantitative estimate of drug-likeness (QED) is 0.771. The molecule has 2 atom stereocenters. The minimum Gasteiger partial charge on any atom is -0.393 e. The molecule has 0 spiro atoms. The molecular weight excluding hydrogens is 210 g/mol. The molecule has 82 valence electrons. The topological polar surface area (TPSA) is 46.2 Å². The molecule has 3 heteroatoms. The molecule has 1 aromatic rings. The van der Waals surface area contributed by atoms with Gasteiger partial charge in [-0.2, -0.15) is 0 Å². The van der Waals surface area contributed by atoms with Crippen molar-refractivity contribution >= 4 is 11.6 Å². The van der Waals surface area contributed by atoms with E-state index in [0.29, 0.717) is 11.4 Å². The molecule has 0 aliphatic heterocycles. The van der Waals surface area contributed by atoms with Gasteiger partial charge < -0.3 is 10.8 Å². The molecule has 0 bridgehead atoms. The molecule has 1 aromatic carbocycles. The maximum absolute atomic E-state index is 9.67. The fourth-order valence-corrected chi connectivity index (χ4v) is 2.71. The molecule has 0 heterocycles. The van der Waals surface area contributed by atoms with Crippen LogP contribution in [0, 0.1) is 0 Å². The van der Waals surface area contributed by atoms with Crippen molar-refractivity contribution in [2.24, 2.45) is 5.73 Å². The zero-order valence-corrected chi connectivity index (χ0v) is 9.37. The highest BCUT2D eigenvalue weighted by Crippen LogP contribution is 2.37. The number of hydrogen-bond donors (Lipinski definition) is 2. The smallest absolute Gasteiger partial charge is 0.0561 e. The summed E-state index contributed by atoms with van der Waals surface area (Å²) in [5.41, 5.74) is 6.84. The van der Waals surface area contributed by atoms with Gasteiger partial charge in [0.05, 0.1) is 6.10 Å². The highest BCUT2D eigenvalue weighted by atomic mass is 35.5. The van der Waals surface area contributed by atoms with E-state index in [-0.39, 0.29) is 6.10 Å². The Kier molecular flexibility index (Phi) is 3.01. The van der Waals surface area contributed by atoms with Gasteiger partial charge in [-0.15, -0.1) is 0 Å². The largest absolute Gasteiger partial charge is 0.393 e. The van der Waals surface area contributed by atoms with Crippen LogP contribution >= 0.6 is 11.6 Å². The first-order chi connectivity index (χ1) is 7.12. The maximum Gasteiger partial charge on any atom is 0.0561 e. The summed E-state index contributed by atoms with van der Waals surface area (Å²) in [5.74, 6) is 0. The first-order valence-corrected chi connectivity index (χ1v) is 5.71. The van der Waals surface area contributed by atoms with Gasteiger partial charge in [0.25, 0.3) is 0 Å². The van der Waals surface area contributed by atoms with Crippen LogP contribution in [-0.4, -0.2) is 11.2 Å². The van der Waals surface area contributed by atoms with Gasteiger partial charge in [0.2, 0.25) is 0 Å². The van der Waals surface area contributed by atoms with Crippen molar-refractivity contribution in [3.05, 3.63) is 34.9 Å². The number of rotatable bonds is 1. The summed E-state index contributed by atoms with van der Waals surface area (Å²) >= 11 is 6.13. The Morgan fingerprint density at radius 3 is 2.80 bits per heavy atom. The van der Waals surface area contributed by atoms with Crippen molar-refractivity contribution in [3.8, 4) is 0 Å². The van der Waals surface area contributed by atoms with Crippen LogP contribution in [0.2, 0.25) is 5.02 Å². The molecule has 15 heavy (non-hydrogen) atoms. The van der Waals surface area contributed by atoms with Gasteiger partial charge in [0, 0.05) is 10.6 Å². The van der Waals surface area contributed by atoms with Gasteiger partial charge in [0.1, 0.15) is 0 Å². The molecule has 2 unspecified atom stereocenters. The average Bonchev–Trinajstić information content (AvgIpc) is 2.17. The summed E-state index contributed by atoms with van der Waals surface area (Å²) in [6, 6.07) is 7.65. The molecule has 1 fully saturated rings. The fraction of sp³-hybridized carbons (Fsp3) is 0.500. The SMILES string of the molecule is NC1(c2ccccc2Cl)CCCC(O)C1. The third-order valence-corrected chi connectivity index (χ3v) is 3.50. The van der Waals surface area contributed by atoms with Crippen LogP contribution < -0.4 is 5.73 Å². The van der Waals surface area contributed by atoms with Crippen molar-refractivity contribution in [3.63, 3.8) is 0 Å². The van der Waals surface area contributed by atoms with E-state index in [1.54, 1.807) is 0 Å². The number of aliphatic hydroxyl groups is 1. The molecule has 2 nitrogen and oxygen atoms in total. The first kappa shape index (κ1) is 10.9. The van der Waals surface area contributed by atoms with Crippen LogP contribution in [0.3, 0.4) is 0 Å². The summed E-state index contributed by atoms with van der Waals surface area (Å²) < 4.78 is 0. The standard InChI is InChI=1S/C12H16ClNO/c13-11-6-2-1-5-10(11)12(14)7-3-4-9(15)8-12/h1-2,5-6,9,15H,3-4,7-8,14H2. The van der Waals surface area contributed by atoms with Crippen molar-refractivity contribution in [1.82, 2.24) is 0 Å². The summed E-state index contributed by atoms with van der Waals surface area (Å²) in [6.07, 6.45) is 3.02. The Hall–Kier alpha value is -0.570. The highest BCUT2D eigenvalue weighted by molar-refractivity contribution is 6.31. The zero-order chi connectivity index (χ0) is 10.9. The van der Waals surface area contributed by atoms with Gasteiger partial charge in [-0.3, -0.25) is 0 Å². The van der Waals surface area contributed by atoms with E-state index in [0.717, 1.165) is 24.8 Å². The molecule has 2 rings (SSSR count). The van der Waals surface area contributed by atoms with E-state index in [9.17, 15) is 5.11 Å². The third-order valence-electron chi connectivity index (χ3n) is 3.17. The first-order valence-electron chi connectivity index (χ1n) is 5.34. The normalized spacial score (nSPS) is 31.5. The van der Waals surface area contributed by atoms with E-state index in [2.05, 4.69) is 0 Å². The molecule has 1 saturated carbocycles. The van der Waals surface area contributed by atoms with E-state index >= 15 is 0 Å². The lowest BCUT2D eigenvalue weighted by Crippen LogP contribution is -2.43. The highest BCUT2D eigenvalue weighted by Gasteiger charge is 2.34. The van der Waals surface area contributed by atoms with Crippen LogP contribution in [0.4, 0.5) is 0 Å². The third kappa shape index (κ3) is 2.17. The summed E-state index contributed by atoms with van der Waals surface area (Å²) in [7, 11) is 0. The van der Waals surface area contributed by atoms with Gasteiger partial charge in [0.15, 0.2) is 0 Å². The molecule has 1 aliphatic carbocycles. The lowest BCUT2D eigenvalue weighted by Gasteiger charge is -2.37. The van der Waals surface area contributed by atoms with Crippen LogP contribution in [0.5, 0.6) is 0 Å².